The van der Waals surface area contributed by atoms with Gasteiger partial charge in [0, 0.05) is 5.57 Å². The van der Waals surface area contributed by atoms with Crippen LogP contribution in [0.5, 0.6) is 5.75 Å². The highest BCUT2D eigenvalue weighted by Gasteiger charge is 2.05. The second kappa shape index (κ2) is 6.75. The van der Waals surface area contributed by atoms with Gasteiger partial charge in [-0.3, -0.25) is 0 Å². The summed E-state index contributed by atoms with van der Waals surface area (Å²) in [5.74, 6) is 0.454. The monoisotopic (exact) mass is 282 g/mol. The summed E-state index contributed by atoms with van der Waals surface area (Å²) in [6.07, 6.45) is 0. The van der Waals surface area contributed by atoms with Crippen LogP contribution >= 0.6 is 0 Å². The van der Waals surface area contributed by atoms with Gasteiger partial charge in [-0.1, -0.05) is 36.9 Å². The van der Waals surface area contributed by atoms with Crippen molar-refractivity contribution in [3.05, 3.63) is 66.2 Å². The van der Waals surface area contributed by atoms with Crippen molar-refractivity contribution in [3.8, 4) is 16.9 Å². The Morgan fingerprint density at radius 1 is 1.10 bits per heavy atom. The van der Waals surface area contributed by atoms with E-state index in [1.165, 1.54) is 0 Å². The van der Waals surface area contributed by atoms with E-state index in [0.29, 0.717) is 5.57 Å². The summed E-state index contributed by atoms with van der Waals surface area (Å²) in [6, 6.07) is 15.7. The summed E-state index contributed by atoms with van der Waals surface area (Å²) in [4.78, 5) is 11.4. The van der Waals surface area contributed by atoms with Gasteiger partial charge in [0.1, 0.15) is 12.4 Å². The van der Waals surface area contributed by atoms with Crippen molar-refractivity contribution in [2.75, 3.05) is 7.11 Å². The summed E-state index contributed by atoms with van der Waals surface area (Å²) in [7, 11) is 1.64. The molecular weight excluding hydrogens is 264 g/mol. The Morgan fingerprint density at radius 3 is 2.43 bits per heavy atom. The number of hydrogen-bond acceptors (Lipinski definition) is 3. The van der Waals surface area contributed by atoms with Gasteiger partial charge in [-0.05, 0) is 41.8 Å². The second-order valence-corrected chi connectivity index (χ2v) is 4.79. The van der Waals surface area contributed by atoms with Crippen molar-refractivity contribution >= 4 is 5.97 Å². The van der Waals surface area contributed by atoms with E-state index in [9.17, 15) is 4.79 Å². The Morgan fingerprint density at radius 2 is 1.81 bits per heavy atom. The summed E-state index contributed by atoms with van der Waals surface area (Å²) >= 11 is 0. The smallest absolute Gasteiger partial charge is 0.333 e. The maximum atomic E-state index is 11.4. The number of methoxy groups -OCH3 is 1. The highest BCUT2D eigenvalue weighted by Crippen LogP contribution is 2.23. The van der Waals surface area contributed by atoms with Crippen molar-refractivity contribution < 1.29 is 14.3 Å². The van der Waals surface area contributed by atoms with Gasteiger partial charge in [0.05, 0.1) is 7.11 Å². The zero-order chi connectivity index (χ0) is 15.2. The Hall–Kier alpha value is -2.55. The third kappa shape index (κ3) is 3.96. The quantitative estimate of drug-likeness (QED) is 0.614. The molecule has 0 heterocycles. The highest BCUT2D eigenvalue weighted by molar-refractivity contribution is 5.86. The van der Waals surface area contributed by atoms with Gasteiger partial charge in [0.15, 0.2) is 0 Å². The van der Waals surface area contributed by atoms with Gasteiger partial charge < -0.3 is 9.47 Å². The van der Waals surface area contributed by atoms with E-state index in [-0.39, 0.29) is 12.6 Å². The molecule has 108 valence electrons. The molecule has 2 aromatic carbocycles. The van der Waals surface area contributed by atoms with Gasteiger partial charge in [0.2, 0.25) is 0 Å². The molecule has 0 bridgehead atoms. The summed E-state index contributed by atoms with van der Waals surface area (Å²) < 4.78 is 10.3. The van der Waals surface area contributed by atoms with Gasteiger partial charge >= 0.3 is 5.97 Å². The van der Waals surface area contributed by atoms with Crippen LogP contribution in [0.3, 0.4) is 0 Å². The van der Waals surface area contributed by atoms with Crippen molar-refractivity contribution in [3.63, 3.8) is 0 Å². The zero-order valence-electron chi connectivity index (χ0n) is 12.3. The number of carbonyl (C=O) groups is 1. The van der Waals surface area contributed by atoms with E-state index in [0.717, 1.165) is 22.4 Å². The van der Waals surface area contributed by atoms with Crippen LogP contribution in [0.1, 0.15) is 12.5 Å². The fraction of sp³-hybridized carbons (Fsp3) is 0.167. The van der Waals surface area contributed by atoms with Crippen molar-refractivity contribution in [1.82, 2.24) is 0 Å². The maximum absolute atomic E-state index is 11.4. The molecule has 0 saturated heterocycles. The molecule has 0 aliphatic rings. The largest absolute Gasteiger partial charge is 0.497 e. The predicted octanol–water partition coefficient (Wildman–Crippen LogP) is 3.98. The molecule has 0 aromatic heterocycles. The van der Waals surface area contributed by atoms with E-state index in [4.69, 9.17) is 9.47 Å². The van der Waals surface area contributed by atoms with Crippen LogP contribution in [0.15, 0.2) is 60.7 Å². The molecule has 2 rings (SSSR count). The van der Waals surface area contributed by atoms with E-state index >= 15 is 0 Å². The first-order chi connectivity index (χ1) is 10.1. The third-order valence-electron chi connectivity index (χ3n) is 3.07. The van der Waals surface area contributed by atoms with Gasteiger partial charge in [0.25, 0.3) is 0 Å². The van der Waals surface area contributed by atoms with Gasteiger partial charge in [-0.2, -0.15) is 0 Å². The molecule has 3 heteroatoms. The van der Waals surface area contributed by atoms with Crippen LogP contribution in [-0.4, -0.2) is 13.1 Å². The summed E-state index contributed by atoms with van der Waals surface area (Å²) in [5.41, 5.74) is 3.50. The fourth-order valence-electron chi connectivity index (χ4n) is 1.90. The highest BCUT2D eigenvalue weighted by atomic mass is 16.5. The number of rotatable bonds is 5. The first-order valence-electron chi connectivity index (χ1n) is 6.66. The van der Waals surface area contributed by atoms with Crippen LogP contribution in [0, 0.1) is 0 Å². The number of benzene rings is 2. The van der Waals surface area contributed by atoms with Crippen LogP contribution in [-0.2, 0) is 16.1 Å². The fourth-order valence-corrected chi connectivity index (χ4v) is 1.90. The summed E-state index contributed by atoms with van der Waals surface area (Å²) in [6.45, 7) is 5.44. The Balaban J connectivity index is 2.13. The van der Waals surface area contributed by atoms with Crippen molar-refractivity contribution in [2.24, 2.45) is 0 Å². The molecule has 0 aliphatic heterocycles. The molecule has 0 N–H and O–H groups in total. The van der Waals surface area contributed by atoms with Crippen molar-refractivity contribution in [2.45, 2.75) is 13.5 Å². The molecule has 0 aliphatic carbocycles. The maximum Gasteiger partial charge on any atom is 0.333 e. The average Bonchev–Trinajstić information content (AvgIpc) is 2.53. The zero-order valence-corrected chi connectivity index (χ0v) is 12.3. The lowest BCUT2D eigenvalue weighted by Gasteiger charge is -2.08. The van der Waals surface area contributed by atoms with Crippen molar-refractivity contribution in [1.29, 1.82) is 0 Å². The molecule has 0 unspecified atom stereocenters. The van der Waals surface area contributed by atoms with Gasteiger partial charge in [-0.25, -0.2) is 4.79 Å². The molecule has 2 aromatic rings. The molecule has 3 nitrogen and oxygen atoms in total. The Kier molecular flexibility index (Phi) is 4.77. The molecule has 21 heavy (non-hydrogen) atoms. The predicted molar refractivity (Wildman–Crippen MR) is 83.0 cm³/mol. The minimum absolute atomic E-state index is 0.246. The SMILES string of the molecule is C=C(C)C(=O)OCc1cccc(-c2ccc(OC)cc2)c1. The summed E-state index contributed by atoms with van der Waals surface area (Å²) in [5, 5.41) is 0. The van der Waals surface area contributed by atoms with Crippen LogP contribution in [0.4, 0.5) is 0 Å². The number of carbonyl (C=O) groups excluding carboxylic acids is 1. The topological polar surface area (TPSA) is 35.5 Å². The van der Waals surface area contributed by atoms with Gasteiger partial charge in [-0.15, -0.1) is 0 Å². The first-order valence-corrected chi connectivity index (χ1v) is 6.66. The lowest BCUT2D eigenvalue weighted by molar-refractivity contribution is -0.140. The standard InChI is InChI=1S/C18H18O3/c1-13(2)18(19)21-12-14-5-4-6-16(11-14)15-7-9-17(20-3)10-8-15/h4-11H,1,12H2,2-3H3. The van der Waals surface area contributed by atoms with E-state index in [1.54, 1.807) is 14.0 Å². The minimum Gasteiger partial charge on any atom is -0.497 e. The van der Waals surface area contributed by atoms with Crippen LogP contribution in [0.25, 0.3) is 11.1 Å². The molecule has 0 radical (unpaired) electrons. The molecule has 0 amide bonds. The van der Waals surface area contributed by atoms with Crippen LogP contribution < -0.4 is 4.74 Å². The third-order valence-corrected chi connectivity index (χ3v) is 3.07. The molecule has 0 fully saturated rings. The average molecular weight is 282 g/mol. The molecule has 0 spiro atoms. The lowest BCUT2D eigenvalue weighted by Crippen LogP contribution is -2.04. The minimum atomic E-state index is -0.371. The first kappa shape index (κ1) is 14.9. The van der Waals surface area contributed by atoms with E-state index in [1.807, 2.05) is 48.5 Å². The number of ether oxygens (including phenoxy) is 2. The van der Waals surface area contributed by atoms with E-state index in [2.05, 4.69) is 6.58 Å². The number of esters is 1. The molecule has 0 atom stereocenters. The van der Waals surface area contributed by atoms with E-state index < -0.39 is 0 Å². The molecule has 0 saturated carbocycles. The second-order valence-electron chi connectivity index (χ2n) is 4.79. The molecular formula is C18H18O3. The van der Waals surface area contributed by atoms with Crippen LogP contribution in [0.2, 0.25) is 0 Å². The Bertz CT molecular complexity index is 642. The Labute approximate surface area is 124 Å². The lowest BCUT2D eigenvalue weighted by atomic mass is 10.0. The number of hydrogen-bond donors (Lipinski definition) is 0. The normalized spacial score (nSPS) is 10.0.